The quantitative estimate of drug-likeness (QED) is 0.791. The second kappa shape index (κ2) is 6.92. The van der Waals surface area contributed by atoms with Crippen LogP contribution >= 0.6 is 35.6 Å². The van der Waals surface area contributed by atoms with Crippen LogP contribution in [0.15, 0.2) is 12.1 Å². The second-order valence-electron chi connectivity index (χ2n) is 5.96. The van der Waals surface area contributed by atoms with E-state index in [0.717, 1.165) is 41.8 Å². The minimum absolute atomic E-state index is 0. The predicted octanol–water partition coefficient (Wildman–Crippen LogP) is 2.98. The van der Waals surface area contributed by atoms with E-state index in [1.807, 2.05) is 11.0 Å². The molecule has 0 unspecified atom stereocenters. The van der Waals surface area contributed by atoms with Gasteiger partial charge in [0.2, 0.25) is 0 Å². The Morgan fingerprint density at radius 2 is 2.04 bits per heavy atom. The summed E-state index contributed by atoms with van der Waals surface area (Å²) in [7, 11) is 0. The molecule has 2 aliphatic rings. The maximum atomic E-state index is 12.9. The number of carbonyl (C=O) groups excluding carboxylic acids is 1. The molecule has 0 saturated carbocycles. The molecule has 2 N–H and O–H groups in total. The van der Waals surface area contributed by atoms with Gasteiger partial charge in [0, 0.05) is 53.9 Å². The molecular formula is C16H17Cl3N4O. The Bertz CT molecular complexity index is 790. The zero-order valence-electron chi connectivity index (χ0n) is 12.9. The highest BCUT2D eigenvalue weighted by Gasteiger charge is 2.28. The van der Waals surface area contributed by atoms with Gasteiger partial charge in [-0.1, -0.05) is 23.2 Å². The number of H-pyrrole nitrogens is 1. The van der Waals surface area contributed by atoms with Crippen LogP contribution in [0.3, 0.4) is 0 Å². The first-order valence-corrected chi connectivity index (χ1v) is 8.42. The number of aromatic amines is 1. The van der Waals surface area contributed by atoms with Crippen molar-refractivity contribution in [2.75, 3.05) is 13.1 Å². The van der Waals surface area contributed by atoms with Gasteiger partial charge in [-0.25, -0.2) is 0 Å². The summed E-state index contributed by atoms with van der Waals surface area (Å²) in [4.78, 5) is 14.7. The summed E-state index contributed by atoms with van der Waals surface area (Å²) >= 11 is 12.4. The molecule has 0 saturated heterocycles. The van der Waals surface area contributed by atoms with Crippen LogP contribution in [0, 0.1) is 0 Å². The third-order valence-corrected chi connectivity index (χ3v) is 5.10. The number of carbonyl (C=O) groups is 1. The third kappa shape index (κ3) is 3.02. The zero-order chi connectivity index (χ0) is 16.0. The van der Waals surface area contributed by atoms with E-state index in [2.05, 4.69) is 15.5 Å². The average Bonchev–Trinajstić information content (AvgIpc) is 2.98. The molecule has 3 heterocycles. The number of amides is 1. The van der Waals surface area contributed by atoms with E-state index in [0.29, 0.717) is 35.4 Å². The van der Waals surface area contributed by atoms with Gasteiger partial charge >= 0.3 is 0 Å². The van der Waals surface area contributed by atoms with Crippen LogP contribution < -0.4 is 5.32 Å². The maximum absolute atomic E-state index is 12.9. The van der Waals surface area contributed by atoms with Crippen LogP contribution in [0.25, 0.3) is 0 Å². The van der Waals surface area contributed by atoms with Crippen LogP contribution in [0.5, 0.6) is 0 Å². The molecule has 0 fully saturated rings. The van der Waals surface area contributed by atoms with Crippen molar-refractivity contribution >= 4 is 41.5 Å². The highest BCUT2D eigenvalue weighted by Crippen LogP contribution is 2.30. The molecule has 128 valence electrons. The van der Waals surface area contributed by atoms with Crippen molar-refractivity contribution in [3.8, 4) is 0 Å². The van der Waals surface area contributed by atoms with E-state index in [9.17, 15) is 4.79 Å². The van der Waals surface area contributed by atoms with E-state index in [-0.39, 0.29) is 18.3 Å². The van der Waals surface area contributed by atoms with Crippen LogP contribution in [0.4, 0.5) is 0 Å². The molecule has 0 spiro atoms. The van der Waals surface area contributed by atoms with Gasteiger partial charge in [-0.2, -0.15) is 5.10 Å². The Morgan fingerprint density at radius 1 is 1.21 bits per heavy atom. The van der Waals surface area contributed by atoms with Crippen molar-refractivity contribution in [1.82, 2.24) is 20.4 Å². The van der Waals surface area contributed by atoms with Gasteiger partial charge in [0.1, 0.15) is 0 Å². The van der Waals surface area contributed by atoms with Crippen molar-refractivity contribution in [2.45, 2.75) is 25.9 Å². The molecule has 5 nitrogen and oxygen atoms in total. The molecule has 0 radical (unpaired) electrons. The number of nitrogens with zero attached hydrogens (tertiary/aromatic N) is 2. The molecule has 24 heavy (non-hydrogen) atoms. The molecule has 1 aromatic carbocycles. The van der Waals surface area contributed by atoms with Gasteiger partial charge in [-0.05, 0) is 29.7 Å². The van der Waals surface area contributed by atoms with E-state index in [1.165, 1.54) is 0 Å². The van der Waals surface area contributed by atoms with Crippen molar-refractivity contribution in [3.63, 3.8) is 0 Å². The molecular weight excluding hydrogens is 371 g/mol. The summed E-state index contributed by atoms with van der Waals surface area (Å²) in [6.07, 6.45) is 1.63. The third-order valence-electron chi connectivity index (χ3n) is 4.55. The van der Waals surface area contributed by atoms with Crippen LogP contribution in [-0.2, 0) is 25.9 Å². The minimum atomic E-state index is -0.0390. The second-order valence-corrected chi connectivity index (χ2v) is 6.80. The highest BCUT2D eigenvalue weighted by molar-refractivity contribution is 6.35. The number of hydrogen-bond donors (Lipinski definition) is 2. The lowest BCUT2D eigenvalue weighted by molar-refractivity contribution is 0.0727. The molecule has 1 aromatic heterocycles. The number of benzene rings is 1. The fourth-order valence-corrected chi connectivity index (χ4v) is 3.90. The summed E-state index contributed by atoms with van der Waals surface area (Å²) in [6, 6.07) is 3.67. The number of aromatic nitrogens is 2. The van der Waals surface area contributed by atoms with Crippen LogP contribution in [-0.4, -0.2) is 34.1 Å². The topological polar surface area (TPSA) is 61.0 Å². The summed E-state index contributed by atoms with van der Waals surface area (Å²) < 4.78 is 0. The monoisotopic (exact) mass is 386 g/mol. The van der Waals surface area contributed by atoms with Gasteiger partial charge < -0.3 is 10.2 Å². The number of nitrogens with one attached hydrogen (secondary N) is 2. The molecule has 2 aliphatic heterocycles. The van der Waals surface area contributed by atoms with Gasteiger partial charge in [-0.15, -0.1) is 12.4 Å². The zero-order valence-corrected chi connectivity index (χ0v) is 15.2. The Kier molecular flexibility index (Phi) is 5.06. The number of rotatable bonds is 1. The molecule has 1 amide bonds. The normalized spacial score (nSPS) is 16.2. The van der Waals surface area contributed by atoms with E-state index < -0.39 is 0 Å². The standard InChI is InChI=1S/C16H16Cl2N4O.ClH/c17-10-5-9-2-4-22(8-12(9)13(18)6-10)16(23)15-11-7-19-3-1-14(11)20-21-15;/h5-6,19H,1-4,7-8H2,(H,20,21);1H. The largest absolute Gasteiger partial charge is 0.333 e. The summed E-state index contributed by atoms with van der Waals surface area (Å²) in [5.74, 6) is -0.0390. The van der Waals surface area contributed by atoms with Gasteiger partial charge in [0.15, 0.2) is 5.69 Å². The molecule has 4 rings (SSSR count). The van der Waals surface area contributed by atoms with Gasteiger partial charge in [0.05, 0.1) is 0 Å². The van der Waals surface area contributed by atoms with Crippen LogP contribution in [0.2, 0.25) is 10.0 Å². The first-order valence-electron chi connectivity index (χ1n) is 7.66. The molecule has 0 bridgehead atoms. The smallest absolute Gasteiger partial charge is 0.275 e. The number of fused-ring (bicyclic) bond motifs is 2. The fourth-order valence-electron chi connectivity index (χ4n) is 3.31. The first-order chi connectivity index (χ1) is 11.1. The summed E-state index contributed by atoms with van der Waals surface area (Å²) in [5.41, 5.74) is 4.69. The first kappa shape index (κ1) is 17.5. The SMILES string of the molecule is Cl.O=C(c1n[nH]c2c1CNCC2)N1CCc2cc(Cl)cc(Cl)c2C1. The summed E-state index contributed by atoms with van der Waals surface area (Å²) in [6.45, 7) is 2.75. The molecule has 0 aliphatic carbocycles. The van der Waals surface area contributed by atoms with Gasteiger partial charge in [-0.3, -0.25) is 9.89 Å². The average molecular weight is 388 g/mol. The Morgan fingerprint density at radius 3 is 2.88 bits per heavy atom. The van der Waals surface area contributed by atoms with Crippen LogP contribution in [0.1, 0.15) is 32.9 Å². The van der Waals surface area contributed by atoms with Gasteiger partial charge in [0.25, 0.3) is 5.91 Å². The number of hydrogen-bond acceptors (Lipinski definition) is 3. The molecule has 2 aromatic rings. The van der Waals surface area contributed by atoms with Crippen molar-refractivity contribution in [2.24, 2.45) is 0 Å². The lowest BCUT2D eigenvalue weighted by atomic mass is 9.99. The molecule has 0 atom stereocenters. The molecule has 8 heteroatoms. The highest BCUT2D eigenvalue weighted by atomic mass is 35.5. The van der Waals surface area contributed by atoms with E-state index in [1.54, 1.807) is 6.07 Å². The Balaban J connectivity index is 0.00000169. The summed E-state index contributed by atoms with van der Waals surface area (Å²) in [5, 5.41) is 11.8. The fraction of sp³-hybridized carbons (Fsp3) is 0.375. The minimum Gasteiger partial charge on any atom is -0.333 e. The maximum Gasteiger partial charge on any atom is 0.275 e. The lowest BCUT2D eigenvalue weighted by Crippen LogP contribution is -2.37. The lowest BCUT2D eigenvalue weighted by Gasteiger charge is -2.29. The number of halogens is 3. The Hall–Kier alpha value is -1.27. The van der Waals surface area contributed by atoms with Crippen molar-refractivity contribution in [3.05, 3.63) is 50.3 Å². The van der Waals surface area contributed by atoms with Crippen molar-refractivity contribution in [1.29, 1.82) is 0 Å². The van der Waals surface area contributed by atoms with Crippen molar-refractivity contribution < 1.29 is 4.79 Å². The predicted molar refractivity (Wildman–Crippen MR) is 96.2 cm³/mol. The van der Waals surface area contributed by atoms with E-state index in [4.69, 9.17) is 23.2 Å². The Labute approximate surface area is 156 Å². The van der Waals surface area contributed by atoms with E-state index >= 15 is 0 Å².